The zero-order chi connectivity index (χ0) is 18.4. The molecule has 2 aromatic rings. The van der Waals surface area contributed by atoms with Crippen molar-refractivity contribution in [1.82, 2.24) is 9.80 Å². The van der Waals surface area contributed by atoms with Gasteiger partial charge in [0.25, 0.3) is 0 Å². The quantitative estimate of drug-likeness (QED) is 0.805. The number of ether oxygens (including phenoxy) is 1. The fourth-order valence-electron chi connectivity index (χ4n) is 2.83. The molecule has 0 unspecified atom stereocenters. The Balaban J connectivity index is 1.45. The number of hydrogen-bond donors (Lipinski definition) is 1. The van der Waals surface area contributed by atoms with Crippen molar-refractivity contribution >= 4 is 17.5 Å². The molecular weight excluding hydrogens is 334 g/mol. The molecular formula is C19H23N3O4. The number of rotatable bonds is 6. The Morgan fingerprint density at radius 3 is 2.46 bits per heavy atom. The minimum atomic E-state index is -0.133. The minimum absolute atomic E-state index is 0.0395. The van der Waals surface area contributed by atoms with Crippen LogP contribution in [0, 0.1) is 0 Å². The van der Waals surface area contributed by atoms with E-state index in [-0.39, 0.29) is 11.8 Å². The highest BCUT2D eigenvalue weighted by Crippen LogP contribution is 2.16. The summed E-state index contributed by atoms with van der Waals surface area (Å²) in [4.78, 5) is 28.2. The highest BCUT2D eigenvalue weighted by Gasteiger charge is 2.23. The van der Waals surface area contributed by atoms with Gasteiger partial charge in [0.15, 0.2) is 5.76 Å². The van der Waals surface area contributed by atoms with Crippen LogP contribution < -0.4 is 10.1 Å². The molecule has 1 saturated heterocycles. The smallest absolute Gasteiger partial charge is 0.321 e. The Bertz CT molecular complexity index is 720. The molecule has 7 nitrogen and oxygen atoms in total. The summed E-state index contributed by atoms with van der Waals surface area (Å²) >= 11 is 0. The number of hydrogen-bond acceptors (Lipinski definition) is 5. The molecule has 0 radical (unpaired) electrons. The van der Waals surface area contributed by atoms with E-state index in [0.29, 0.717) is 45.1 Å². The first-order chi connectivity index (χ1) is 12.7. The number of urea groups is 1. The summed E-state index contributed by atoms with van der Waals surface area (Å²) in [6, 6.07) is 10.5. The van der Waals surface area contributed by atoms with Crippen molar-refractivity contribution in [3.8, 4) is 5.75 Å². The van der Waals surface area contributed by atoms with Gasteiger partial charge in [-0.15, -0.1) is 0 Å². The maximum atomic E-state index is 12.4. The number of amides is 2. The number of nitrogens with one attached hydrogen (secondary N) is 1. The molecule has 3 rings (SSSR count). The van der Waals surface area contributed by atoms with Crippen molar-refractivity contribution < 1.29 is 18.7 Å². The Hall–Kier alpha value is -2.80. The van der Waals surface area contributed by atoms with E-state index in [4.69, 9.17) is 9.15 Å². The van der Waals surface area contributed by atoms with Gasteiger partial charge >= 0.3 is 6.03 Å². The largest absolute Gasteiger partial charge is 0.494 e. The van der Waals surface area contributed by atoms with E-state index < -0.39 is 0 Å². The fraction of sp³-hybridized carbons (Fsp3) is 0.368. The van der Waals surface area contributed by atoms with Crippen LogP contribution in [0.1, 0.15) is 17.5 Å². The molecule has 0 atom stereocenters. The third kappa shape index (κ3) is 4.64. The normalized spacial score (nSPS) is 14.9. The lowest BCUT2D eigenvalue weighted by atomic mass is 10.2. The number of piperazine rings is 1. The number of benzene rings is 1. The van der Waals surface area contributed by atoms with Crippen molar-refractivity contribution in [2.24, 2.45) is 0 Å². The van der Waals surface area contributed by atoms with Crippen LogP contribution in [0.3, 0.4) is 0 Å². The lowest BCUT2D eigenvalue weighted by Crippen LogP contribution is -2.51. The summed E-state index contributed by atoms with van der Waals surface area (Å²) in [5.41, 5.74) is 0.730. The molecule has 26 heavy (non-hydrogen) atoms. The van der Waals surface area contributed by atoms with E-state index in [1.54, 1.807) is 17.0 Å². The SMILES string of the molecule is CCOc1ccc(NC(=O)N2CCN(CC(=O)c3ccco3)CC2)cc1. The molecule has 7 heteroatoms. The van der Waals surface area contributed by atoms with Crippen molar-refractivity contribution in [3.63, 3.8) is 0 Å². The summed E-state index contributed by atoms with van der Waals surface area (Å²) in [6.07, 6.45) is 1.50. The Labute approximate surface area is 152 Å². The average molecular weight is 357 g/mol. The molecule has 138 valence electrons. The molecule has 0 bridgehead atoms. The van der Waals surface area contributed by atoms with Gasteiger partial charge < -0.3 is 19.4 Å². The lowest BCUT2D eigenvalue weighted by Gasteiger charge is -2.34. The van der Waals surface area contributed by atoms with Gasteiger partial charge in [-0.1, -0.05) is 0 Å². The van der Waals surface area contributed by atoms with Crippen LogP contribution in [-0.2, 0) is 0 Å². The van der Waals surface area contributed by atoms with E-state index in [2.05, 4.69) is 5.32 Å². The zero-order valence-electron chi connectivity index (χ0n) is 14.8. The monoisotopic (exact) mass is 357 g/mol. The summed E-state index contributed by atoms with van der Waals surface area (Å²) in [5, 5.41) is 2.89. The van der Waals surface area contributed by atoms with Crippen molar-refractivity contribution in [1.29, 1.82) is 0 Å². The molecule has 1 aliphatic rings. The summed E-state index contributed by atoms with van der Waals surface area (Å²) < 4.78 is 10.5. The molecule has 1 aromatic heterocycles. The van der Waals surface area contributed by atoms with E-state index in [1.165, 1.54) is 6.26 Å². The second-order valence-electron chi connectivity index (χ2n) is 6.05. The third-order valence-corrected chi connectivity index (χ3v) is 4.24. The molecule has 1 aliphatic heterocycles. The maximum absolute atomic E-state index is 12.4. The topological polar surface area (TPSA) is 75.0 Å². The first-order valence-electron chi connectivity index (χ1n) is 8.73. The first-order valence-corrected chi connectivity index (χ1v) is 8.73. The van der Waals surface area contributed by atoms with Crippen LogP contribution in [0.25, 0.3) is 0 Å². The van der Waals surface area contributed by atoms with Gasteiger partial charge in [0.05, 0.1) is 19.4 Å². The van der Waals surface area contributed by atoms with Crippen molar-refractivity contribution in [2.75, 3.05) is 44.6 Å². The van der Waals surface area contributed by atoms with Crippen LogP contribution >= 0.6 is 0 Å². The molecule has 2 heterocycles. The van der Waals surface area contributed by atoms with Crippen LogP contribution in [0.15, 0.2) is 47.1 Å². The summed E-state index contributed by atoms with van der Waals surface area (Å²) in [6.45, 7) is 5.31. The predicted molar refractivity (Wildman–Crippen MR) is 97.7 cm³/mol. The van der Waals surface area contributed by atoms with Gasteiger partial charge in [0.1, 0.15) is 5.75 Å². The Morgan fingerprint density at radius 2 is 1.85 bits per heavy atom. The summed E-state index contributed by atoms with van der Waals surface area (Å²) in [7, 11) is 0. The number of anilines is 1. The fourth-order valence-corrected chi connectivity index (χ4v) is 2.83. The molecule has 0 spiro atoms. The highest BCUT2D eigenvalue weighted by molar-refractivity contribution is 5.95. The van der Waals surface area contributed by atoms with Crippen molar-refractivity contribution in [2.45, 2.75) is 6.92 Å². The molecule has 1 N–H and O–H groups in total. The van der Waals surface area contributed by atoms with Gasteiger partial charge in [-0.05, 0) is 43.3 Å². The third-order valence-electron chi connectivity index (χ3n) is 4.24. The van der Waals surface area contributed by atoms with Crippen LogP contribution in [-0.4, -0.2) is 60.9 Å². The van der Waals surface area contributed by atoms with E-state index in [9.17, 15) is 9.59 Å². The van der Waals surface area contributed by atoms with Crippen LogP contribution in [0.5, 0.6) is 5.75 Å². The number of nitrogens with zero attached hydrogens (tertiary/aromatic N) is 2. The van der Waals surface area contributed by atoms with E-state index >= 15 is 0 Å². The highest BCUT2D eigenvalue weighted by atomic mass is 16.5. The van der Waals surface area contributed by atoms with E-state index in [0.717, 1.165) is 11.4 Å². The first kappa shape index (κ1) is 18.0. The van der Waals surface area contributed by atoms with Gasteiger partial charge in [-0.2, -0.15) is 0 Å². The number of carbonyl (C=O) groups excluding carboxylic acids is 2. The van der Waals surface area contributed by atoms with Gasteiger partial charge in [-0.3, -0.25) is 9.69 Å². The lowest BCUT2D eigenvalue weighted by molar-refractivity contribution is 0.0857. The second kappa shape index (κ2) is 8.53. The molecule has 0 saturated carbocycles. The van der Waals surface area contributed by atoms with E-state index in [1.807, 2.05) is 36.1 Å². The number of carbonyl (C=O) groups is 2. The average Bonchev–Trinajstić information content (AvgIpc) is 3.19. The van der Waals surface area contributed by atoms with Gasteiger partial charge in [0.2, 0.25) is 5.78 Å². The van der Waals surface area contributed by atoms with Crippen LogP contribution in [0.2, 0.25) is 0 Å². The van der Waals surface area contributed by atoms with Gasteiger partial charge in [-0.25, -0.2) is 4.79 Å². The Morgan fingerprint density at radius 1 is 1.12 bits per heavy atom. The molecule has 1 fully saturated rings. The van der Waals surface area contributed by atoms with Crippen LogP contribution in [0.4, 0.5) is 10.5 Å². The Kier molecular flexibility index (Phi) is 5.91. The van der Waals surface area contributed by atoms with Gasteiger partial charge in [0, 0.05) is 31.9 Å². The predicted octanol–water partition coefficient (Wildman–Crippen LogP) is 2.71. The maximum Gasteiger partial charge on any atom is 0.321 e. The minimum Gasteiger partial charge on any atom is -0.494 e. The second-order valence-corrected chi connectivity index (χ2v) is 6.05. The number of ketones is 1. The molecule has 0 aliphatic carbocycles. The van der Waals surface area contributed by atoms with Crippen molar-refractivity contribution in [3.05, 3.63) is 48.4 Å². The number of Topliss-reactive ketones (excluding diaryl/α,β-unsaturated/α-hetero) is 1. The molecule has 2 amide bonds. The summed E-state index contributed by atoms with van der Waals surface area (Å²) in [5.74, 6) is 1.11. The molecule has 1 aromatic carbocycles. The zero-order valence-corrected chi connectivity index (χ0v) is 14.8. The number of furan rings is 1. The standard InChI is InChI=1S/C19H23N3O4/c1-2-25-16-7-5-15(6-8-16)20-19(24)22-11-9-21(10-12-22)14-17(23)18-4-3-13-26-18/h3-8,13H,2,9-12,14H2,1H3,(H,20,24).